The summed E-state index contributed by atoms with van der Waals surface area (Å²) >= 11 is 0. The van der Waals surface area contributed by atoms with E-state index in [-0.39, 0.29) is 0 Å². The first-order valence-electron chi connectivity index (χ1n) is 14.4. The van der Waals surface area contributed by atoms with E-state index in [2.05, 4.69) is 82.4 Å². The van der Waals surface area contributed by atoms with E-state index in [4.69, 9.17) is 6.57 Å². The first kappa shape index (κ1) is 25.9. The van der Waals surface area contributed by atoms with E-state index in [1.165, 1.54) is 12.1 Å². The van der Waals surface area contributed by atoms with Crippen molar-refractivity contribution in [1.82, 2.24) is 9.13 Å². The Morgan fingerprint density at radius 1 is 0.545 bits per heavy atom. The standard InChI is InChI=1S/C39H25F2N3/c1-23-12-15-35-31(18-23)29-8-4-6-10-33(29)43(35)37-17-14-28(25-20-26(40)22-27(41)21-25)39(38(37)42-3)44-34-11-7-5-9-30(34)32-19-24(2)13-16-36(32)44/h4-22H,1-2H3. The van der Waals surface area contributed by atoms with Crippen LogP contribution in [0.5, 0.6) is 0 Å². The maximum atomic E-state index is 14.7. The molecular formula is C39H25F2N3. The Kier molecular flexibility index (Phi) is 5.69. The molecule has 0 bridgehead atoms. The van der Waals surface area contributed by atoms with Crippen LogP contribution in [-0.2, 0) is 0 Å². The van der Waals surface area contributed by atoms with Gasteiger partial charge in [-0.15, -0.1) is 0 Å². The summed E-state index contributed by atoms with van der Waals surface area (Å²) in [5, 5.41) is 4.27. The van der Waals surface area contributed by atoms with E-state index in [0.717, 1.165) is 60.8 Å². The Bertz CT molecular complexity index is 2490. The predicted molar refractivity (Wildman–Crippen MR) is 176 cm³/mol. The maximum absolute atomic E-state index is 14.7. The van der Waals surface area contributed by atoms with Crippen LogP contribution in [0.25, 0.3) is 71.0 Å². The number of halogens is 2. The summed E-state index contributed by atoms with van der Waals surface area (Å²) in [4.78, 5) is 4.20. The van der Waals surface area contributed by atoms with Gasteiger partial charge in [0.1, 0.15) is 11.6 Å². The monoisotopic (exact) mass is 573 g/mol. The fourth-order valence-corrected chi connectivity index (χ4v) is 6.70. The highest BCUT2D eigenvalue weighted by Gasteiger charge is 2.24. The van der Waals surface area contributed by atoms with E-state index in [1.807, 2.05) is 42.5 Å². The van der Waals surface area contributed by atoms with E-state index < -0.39 is 11.6 Å². The molecule has 0 N–H and O–H groups in total. The zero-order chi connectivity index (χ0) is 30.1. The van der Waals surface area contributed by atoms with Crippen molar-refractivity contribution in [2.45, 2.75) is 13.8 Å². The highest BCUT2D eigenvalue weighted by Crippen LogP contribution is 2.46. The Hall–Kier alpha value is -5.73. The average Bonchev–Trinajstić information content (AvgIpc) is 3.52. The number of aryl methyl sites for hydroxylation is 2. The largest absolute Gasteiger partial charge is 0.319 e. The van der Waals surface area contributed by atoms with Crippen LogP contribution in [0.4, 0.5) is 14.5 Å². The molecule has 0 saturated carbocycles. The zero-order valence-electron chi connectivity index (χ0n) is 24.1. The lowest BCUT2D eigenvalue weighted by Gasteiger charge is -2.20. The van der Waals surface area contributed by atoms with Gasteiger partial charge in [0, 0.05) is 27.6 Å². The maximum Gasteiger partial charge on any atom is 0.234 e. The summed E-state index contributed by atoms with van der Waals surface area (Å²) in [6.45, 7) is 12.8. The summed E-state index contributed by atoms with van der Waals surface area (Å²) < 4.78 is 33.6. The molecule has 2 aromatic heterocycles. The van der Waals surface area contributed by atoms with Crippen molar-refractivity contribution < 1.29 is 8.78 Å². The predicted octanol–water partition coefficient (Wildman–Crippen LogP) is 11.0. The summed E-state index contributed by atoms with van der Waals surface area (Å²) in [5.41, 5.74) is 8.64. The van der Waals surface area contributed by atoms with Crippen molar-refractivity contribution in [2.75, 3.05) is 0 Å². The Morgan fingerprint density at radius 2 is 1.07 bits per heavy atom. The van der Waals surface area contributed by atoms with E-state index >= 15 is 0 Å². The number of nitrogens with zero attached hydrogens (tertiary/aromatic N) is 3. The van der Waals surface area contributed by atoms with Gasteiger partial charge in [-0.2, -0.15) is 0 Å². The van der Waals surface area contributed by atoms with Gasteiger partial charge in [-0.1, -0.05) is 65.7 Å². The minimum atomic E-state index is -0.671. The number of hydrogen-bond acceptors (Lipinski definition) is 0. The van der Waals surface area contributed by atoms with Crippen molar-refractivity contribution >= 4 is 49.3 Å². The molecule has 210 valence electrons. The number of fused-ring (bicyclic) bond motifs is 6. The molecule has 0 unspecified atom stereocenters. The molecule has 0 amide bonds. The smallest absolute Gasteiger partial charge is 0.234 e. The fraction of sp³-hybridized carbons (Fsp3) is 0.0513. The van der Waals surface area contributed by atoms with Crippen LogP contribution >= 0.6 is 0 Å². The molecule has 0 atom stereocenters. The van der Waals surface area contributed by atoms with Gasteiger partial charge < -0.3 is 9.13 Å². The Morgan fingerprint density at radius 3 is 1.66 bits per heavy atom. The third-order valence-electron chi connectivity index (χ3n) is 8.54. The van der Waals surface area contributed by atoms with Gasteiger partial charge in [-0.3, -0.25) is 0 Å². The quantitative estimate of drug-likeness (QED) is 0.187. The summed E-state index contributed by atoms with van der Waals surface area (Å²) in [6, 6.07) is 36.2. The van der Waals surface area contributed by atoms with Gasteiger partial charge in [0.2, 0.25) is 5.69 Å². The normalized spacial score (nSPS) is 11.6. The second-order valence-corrected chi connectivity index (χ2v) is 11.3. The van der Waals surface area contributed by atoms with Gasteiger partial charge in [-0.05, 0) is 79.6 Å². The molecule has 0 radical (unpaired) electrons. The number of benzene rings is 6. The van der Waals surface area contributed by atoms with Crippen LogP contribution in [0.15, 0.2) is 115 Å². The van der Waals surface area contributed by atoms with E-state index in [0.29, 0.717) is 28.2 Å². The third-order valence-corrected chi connectivity index (χ3v) is 8.54. The topological polar surface area (TPSA) is 14.2 Å². The molecule has 0 saturated heterocycles. The van der Waals surface area contributed by atoms with Gasteiger partial charge in [0.15, 0.2) is 0 Å². The zero-order valence-corrected chi connectivity index (χ0v) is 24.1. The van der Waals surface area contributed by atoms with Crippen LogP contribution < -0.4 is 0 Å². The van der Waals surface area contributed by atoms with Crippen molar-refractivity contribution in [2.24, 2.45) is 0 Å². The number of aromatic nitrogens is 2. The van der Waals surface area contributed by atoms with Crippen molar-refractivity contribution in [3.05, 3.63) is 149 Å². The summed E-state index contributed by atoms with van der Waals surface area (Å²) in [7, 11) is 0. The lowest BCUT2D eigenvalue weighted by atomic mass is 10.00. The molecule has 8 aromatic rings. The lowest BCUT2D eigenvalue weighted by Crippen LogP contribution is -2.03. The molecule has 3 nitrogen and oxygen atoms in total. The van der Waals surface area contributed by atoms with Gasteiger partial charge in [-0.25, -0.2) is 13.6 Å². The van der Waals surface area contributed by atoms with Crippen molar-refractivity contribution in [3.8, 4) is 22.5 Å². The van der Waals surface area contributed by atoms with Crippen molar-refractivity contribution in [1.29, 1.82) is 0 Å². The molecule has 44 heavy (non-hydrogen) atoms. The van der Waals surface area contributed by atoms with Gasteiger partial charge in [0.05, 0.1) is 40.0 Å². The lowest BCUT2D eigenvalue weighted by molar-refractivity contribution is 0.584. The summed E-state index contributed by atoms with van der Waals surface area (Å²) in [5.74, 6) is -1.34. The number of hydrogen-bond donors (Lipinski definition) is 0. The third kappa shape index (κ3) is 3.78. The molecule has 6 aromatic carbocycles. The number of para-hydroxylation sites is 2. The summed E-state index contributed by atoms with van der Waals surface area (Å²) in [6.07, 6.45) is 0. The van der Waals surface area contributed by atoms with E-state index in [9.17, 15) is 8.78 Å². The first-order chi connectivity index (χ1) is 21.4. The molecule has 8 rings (SSSR count). The molecule has 2 heterocycles. The van der Waals surface area contributed by atoms with Crippen molar-refractivity contribution in [3.63, 3.8) is 0 Å². The first-order valence-corrected chi connectivity index (χ1v) is 14.4. The molecule has 0 aliphatic carbocycles. The molecule has 0 aliphatic rings. The molecule has 0 aliphatic heterocycles. The van der Waals surface area contributed by atoms with Crippen LogP contribution in [0.1, 0.15) is 11.1 Å². The highest BCUT2D eigenvalue weighted by atomic mass is 19.1. The minimum absolute atomic E-state index is 0.366. The Balaban J connectivity index is 1.58. The number of rotatable bonds is 3. The highest BCUT2D eigenvalue weighted by molar-refractivity contribution is 6.12. The van der Waals surface area contributed by atoms with Gasteiger partial charge in [0.25, 0.3) is 0 Å². The van der Waals surface area contributed by atoms with Crippen LogP contribution in [0, 0.1) is 32.1 Å². The van der Waals surface area contributed by atoms with Gasteiger partial charge >= 0.3 is 0 Å². The van der Waals surface area contributed by atoms with Crippen LogP contribution in [0.3, 0.4) is 0 Å². The molecular weight excluding hydrogens is 548 g/mol. The van der Waals surface area contributed by atoms with E-state index in [1.54, 1.807) is 0 Å². The second-order valence-electron chi connectivity index (χ2n) is 11.3. The Labute approximate surface area is 252 Å². The molecule has 5 heteroatoms. The second kappa shape index (κ2) is 9.65. The molecule has 0 spiro atoms. The SMILES string of the molecule is [C-]#[N+]c1c(-n2c3ccccc3c3cc(C)ccc32)ccc(-c2cc(F)cc(F)c2)c1-n1c2ccccc2c2cc(C)ccc21. The van der Waals surface area contributed by atoms with Crippen LogP contribution in [0.2, 0.25) is 0 Å². The average molecular weight is 574 g/mol. The fourth-order valence-electron chi connectivity index (χ4n) is 6.70. The molecule has 0 fully saturated rings. The van der Waals surface area contributed by atoms with Crippen LogP contribution in [-0.4, -0.2) is 9.13 Å². The minimum Gasteiger partial charge on any atom is -0.319 e.